The van der Waals surface area contributed by atoms with Gasteiger partial charge in [0.1, 0.15) is 11.9 Å². The van der Waals surface area contributed by atoms with E-state index in [4.69, 9.17) is 4.98 Å². The number of Topliss-reactive ketones (excluding diaryl/α,β-unsaturated/α-hetero) is 1. The van der Waals surface area contributed by atoms with Crippen molar-refractivity contribution in [2.45, 2.75) is 70.2 Å². The van der Waals surface area contributed by atoms with Gasteiger partial charge in [-0.05, 0) is 62.5 Å². The van der Waals surface area contributed by atoms with E-state index in [0.29, 0.717) is 41.7 Å². The summed E-state index contributed by atoms with van der Waals surface area (Å²) >= 11 is 1.62. The Kier molecular flexibility index (Phi) is 5.03. The SMILES string of the molecule is CCC(=O)[C@@]12C[C@@H]1[C@@H](n1cnc3c(NC4CCC4)nc(C#Cc4ccc(C)s4)nc31)[C@@H](O)C2O. The van der Waals surface area contributed by atoms with Gasteiger partial charge in [-0.1, -0.05) is 6.92 Å². The van der Waals surface area contributed by atoms with Crippen LogP contribution in [0.2, 0.25) is 0 Å². The second-order valence-electron chi connectivity index (χ2n) is 9.71. The van der Waals surface area contributed by atoms with Crippen LogP contribution in [-0.2, 0) is 4.79 Å². The molecular formula is C25H27N5O3S. The van der Waals surface area contributed by atoms with Gasteiger partial charge in [0.05, 0.1) is 28.8 Å². The fraction of sp³-hybridized carbons (Fsp3) is 0.520. The molecule has 3 aromatic heterocycles. The molecule has 3 N–H and O–H groups in total. The average molecular weight is 478 g/mol. The molecule has 3 heterocycles. The molecule has 8 nitrogen and oxygen atoms in total. The Hall–Kier alpha value is -2.80. The van der Waals surface area contributed by atoms with Gasteiger partial charge in [-0.25, -0.2) is 15.0 Å². The van der Waals surface area contributed by atoms with Gasteiger partial charge in [0, 0.05) is 17.3 Å². The van der Waals surface area contributed by atoms with Crippen LogP contribution in [0.1, 0.15) is 60.6 Å². The van der Waals surface area contributed by atoms with Crippen molar-refractivity contribution in [3.8, 4) is 11.8 Å². The fourth-order valence-corrected chi connectivity index (χ4v) is 6.35. The number of aliphatic hydroxyl groups excluding tert-OH is 2. The molecule has 3 aromatic rings. The number of aliphatic hydroxyl groups is 2. The molecule has 34 heavy (non-hydrogen) atoms. The summed E-state index contributed by atoms with van der Waals surface area (Å²) in [6.45, 7) is 3.84. The van der Waals surface area contributed by atoms with E-state index in [1.165, 1.54) is 11.3 Å². The zero-order valence-electron chi connectivity index (χ0n) is 19.2. The van der Waals surface area contributed by atoms with Crippen LogP contribution in [0.25, 0.3) is 11.2 Å². The van der Waals surface area contributed by atoms with E-state index in [1.807, 2.05) is 23.6 Å². The zero-order chi connectivity index (χ0) is 23.6. The number of hydrogen-bond donors (Lipinski definition) is 3. The molecule has 3 aliphatic carbocycles. The van der Waals surface area contributed by atoms with Crippen molar-refractivity contribution in [1.29, 1.82) is 0 Å². The summed E-state index contributed by atoms with van der Waals surface area (Å²) in [6, 6.07) is 3.89. The van der Waals surface area contributed by atoms with Crippen LogP contribution in [0.4, 0.5) is 5.82 Å². The number of aryl methyl sites for hydroxylation is 1. The average Bonchev–Trinajstić information content (AvgIpc) is 3.05. The Morgan fingerprint density at radius 2 is 2.12 bits per heavy atom. The van der Waals surface area contributed by atoms with Crippen molar-refractivity contribution in [1.82, 2.24) is 19.5 Å². The minimum absolute atomic E-state index is 0.00994. The van der Waals surface area contributed by atoms with Crippen molar-refractivity contribution in [2.75, 3.05) is 5.32 Å². The largest absolute Gasteiger partial charge is 0.389 e. The summed E-state index contributed by atoms with van der Waals surface area (Å²) in [6.07, 6.45) is 3.78. The van der Waals surface area contributed by atoms with Crippen LogP contribution in [0.3, 0.4) is 0 Å². The van der Waals surface area contributed by atoms with Crippen molar-refractivity contribution < 1.29 is 15.0 Å². The predicted octanol–water partition coefficient (Wildman–Crippen LogP) is 2.82. The number of aromatic nitrogens is 4. The molecule has 176 valence electrons. The topological polar surface area (TPSA) is 113 Å². The normalized spacial score (nSPS) is 29.9. The van der Waals surface area contributed by atoms with Crippen molar-refractivity contribution in [3.05, 3.63) is 34.0 Å². The number of ketones is 1. The lowest BCUT2D eigenvalue weighted by Crippen LogP contribution is -2.37. The molecule has 5 atom stereocenters. The Bertz CT molecular complexity index is 1350. The molecule has 0 spiro atoms. The van der Waals surface area contributed by atoms with Crippen LogP contribution in [0.5, 0.6) is 0 Å². The van der Waals surface area contributed by atoms with Crippen LogP contribution in [0.15, 0.2) is 18.5 Å². The maximum absolute atomic E-state index is 12.7. The standard InChI is InChI=1S/C25H27N5O3S/c1-3-17(31)25-11-16(25)20(21(32)22(25)33)30-12-26-19-23(27-14-5-4-6-14)28-18(29-24(19)30)10-9-15-8-7-13(2)34-15/h7-8,12,14,16,20-22,32-33H,3-6,11H2,1-2H3,(H,27,28,29)/t16-,20-,21-,22?,25-/m1/s1. The summed E-state index contributed by atoms with van der Waals surface area (Å²) in [4.78, 5) is 28.8. The lowest BCUT2D eigenvalue weighted by atomic mass is 9.92. The number of nitrogens with zero attached hydrogens (tertiary/aromatic N) is 4. The number of nitrogens with one attached hydrogen (secondary N) is 1. The molecule has 0 aromatic carbocycles. The highest BCUT2D eigenvalue weighted by Gasteiger charge is 2.74. The monoisotopic (exact) mass is 477 g/mol. The van der Waals surface area contributed by atoms with Crippen molar-refractivity contribution in [2.24, 2.45) is 11.3 Å². The van der Waals surface area contributed by atoms with Gasteiger partial charge in [-0.3, -0.25) is 4.79 Å². The Morgan fingerprint density at radius 1 is 1.29 bits per heavy atom. The first-order chi connectivity index (χ1) is 16.4. The number of carbonyl (C=O) groups is 1. The minimum atomic E-state index is -1.08. The van der Waals surface area contributed by atoms with Gasteiger partial charge in [0.2, 0.25) is 5.82 Å². The maximum Gasteiger partial charge on any atom is 0.209 e. The maximum atomic E-state index is 12.7. The predicted molar refractivity (Wildman–Crippen MR) is 129 cm³/mol. The minimum Gasteiger partial charge on any atom is -0.389 e. The fourth-order valence-electron chi connectivity index (χ4n) is 5.63. The van der Waals surface area contributed by atoms with Gasteiger partial charge >= 0.3 is 0 Å². The van der Waals surface area contributed by atoms with Crippen LogP contribution in [-0.4, -0.2) is 53.8 Å². The van der Waals surface area contributed by atoms with E-state index in [1.54, 1.807) is 24.6 Å². The summed E-state index contributed by atoms with van der Waals surface area (Å²) in [5, 5.41) is 25.2. The van der Waals surface area contributed by atoms with Gasteiger partial charge in [-0.2, -0.15) is 0 Å². The van der Waals surface area contributed by atoms with E-state index in [-0.39, 0.29) is 11.7 Å². The lowest BCUT2D eigenvalue weighted by molar-refractivity contribution is -0.130. The molecule has 0 aliphatic heterocycles. The van der Waals surface area contributed by atoms with E-state index < -0.39 is 23.7 Å². The smallest absolute Gasteiger partial charge is 0.209 e. The molecule has 0 amide bonds. The molecule has 1 unspecified atom stereocenters. The number of hydrogen-bond acceptors (Lipinski definition) is 8. The molecule has 3 fully saturated rings. The highest BCUT2D eigenvalue weighted by Crippen LogP contribution is 2.68. The number of carbonyl (C=O) groups excluding carboxylic acids is 1. The quantitative estimate of drug-likeness (QED) is 0.484. The first kappa shape index (κ1) is 21.7. The third-order valence-electron chi connectivity index (χ3n) is 7.74. The summed E-state index contributed by atoms with van der Waals surface area (Å²) < 4.78 is 1.82. The molecule has 3 aliphatic rings. The highest BCUT2D eigenvalue weighted by atomic mass is 32.1. The molecule has 0 bridgehead atoms. The lowest BCUT2D eigenvalue weighted by Gasteiger charge is -2.27. The Labute approximate surface area is 201 Å². The summed E-state index contributed by atoms with van der Waals surface area (Å²) in [7, 11) is 0. The third-order valence-corrected chi connectivity index (χ3v) is 8.66. The molecule has 9 heteroatoms. The highest BCUT2D eigenvalue weighted by molar-refractivity contribution is 7.12. The Morgan fingerprint density at radius 3 is 2.79 bits per heavy atom. The molecular weight excluding hydrogens is 450 g/mol. The van der Waals surface area contributed by atoms with E-state index in [9.17, 15) is 15.0 Å². The second kappa shape index (κ2) is 7.87. The number of anilines is 1. The summed E-state index contributed by atoms with van der Waals surface area (Å²) in [5.74, 6) is 7.13. The van der Waals surface area contributed by atoms with Crippen LogP contribution >= 0.6 is 11.3 Å². The number of imidazole rings is 1. The molecule has 6 rings (SSSR count). The number of thiophene rings is 1. The molecule has 0 saturated heterocycles. The van der Waals surface area contributed by atoms with Crippen LogP contribution < -0.4 is 5.32 Å². The first-order valence-electron chi connectivity index (χ1n) is 11.9. The van der Waals surface area contributed by atoms with Gasteiger partial charge < -0.3 is 20.1 Å². The third kappa shape index (κ3) is 3.20. The van der Waals surface area contributed by atoms with E-state index in [2.05, 4.69) is 27.1 Å². The van der Waals surface area contributed by atoms with Gasteiger partial charge in [-0.15, -0.1) is 11.3 Å². The Balaban J connectivity index is 1.43. The number of rotatable bonds is 5. The molecule has 3 saturated carbocycles. The van der Waals surface area contributed by atoms with Gasteiger partial charge in [0.25, 0.3) is 0 Å². The first-order valence-corrected chi connectivity index (χ1v) is 12.7. The van der Waals surface area contributed by atoms with E-state index in [0.717, 1.165) is 17.7 Å². The molecule has 0 radical (unpaired) electrons. The second-order valence-corrected chi connectivity index (χ2v) is 11.0. The number of fused-ring (bicyclic) bond motifs is 2. The van der Waals surface area contributed by atoms with Crippen molar-refractivity contribution >= 4 is 34.1 Å². The zero-order valence-corrected chi connectivity index (χ0v) is 20.0. The van der Waals surface area contributed by atoms with Crippen LogP contribution in [0, 0.1) is 30.1 Å². The van der Waals surface area contributed by atoms with Crippen molar-refractivity contribution in [3.63, 3.8) is 0 Å². The summed E-state index contributed by atoms with van der Waals surface area (Å²) in [5.41, 5.74) is 0.326. The van der Waals surface area contributed by atoms with E-state index >= 15 is 0 Å². The van der Waals surface area contributed by atoms with Gasteiger partial charge in [0.15, 0.2) is 17.0 Å².